The van der Waals surface area contributed by atoms with Gasteiger partial charge < -0.3 is 5.11 Å². The van der Waals surface area contributed by atoms with Crippen LogP contribution >= 0.6 is 0 Å². The van der Waals surface area contributed by atoms with Gasteiger partial charge in [0.05, 0.1) is 6.10 Å². The van der Waals surface area contributed by atoms with Crippen LogP contribution in [0, 0.1) is 0 Å². The number of benzene rings is 1. The average molecular weight is 217 g/mol. The first kappa shape index (κ1) is 10.3. The molecule has 86 valence electrons. The predicted octanol–water partition coefficient (Wildman–Crippen LogP) is 2.00. The summed E-state index contributed by atoms with van der Waals surface area (Å²) in [5.41, 5.74) is 1.31. The number of piperidine rings is 1. The number of hydrogen-bond acceptors (Lipinski definition) is 2. The molecule has 2 heteroatoms. The van der Waals surface area contributed by atoms with E-state index in [0.29, 0.717) is 12.0 Å². The van der Waals surface area contributed by atoms with E-state index in [2.05, 4.69) is 29.2 Å². The first-order valence-corrected chi connectivity index (χ1v) is 6.33. The monoisotopic (exact) mass is 217 g/mol. The minimum Gasteiger partial charge on any atom is -0.391 e. The standard InChI is InChI=1S/C14H19NO/c16-14-12(11-5-2-1-3-6-11)8-10-15-9-4-7-13(14)15/h1-3,5-6,12-14,16H,4,7-10H2/t12-,13+,14-/m1/s1. The van der Waals surface area contributed by atoms with Crippen LogP contribution in [-0.4, -0.2) is 35.2 Å². The Bertz CT molecular complexity index is 351. The number of rotatable bonds is 1. The lowest BCUT2D eigenvalue weighted by Crippen LogP contribution is -2.47. The second kappa shape index (κ2) is 4.19. The predicted molar refractivity (Wildman–Crippen MR) is 64.4 cm³/mol. The summed E-state index contributed by atoms with van der Waals surface area (Å²) in [6.07, 6.45) is 3.36. The molecule has 0 aliphatic carbocycles. The van der Waals surface area contributed by atoms with Crippen LogP contribution in [0.3, 0.4) is 0 Å². The largest absolute Gasteiger partial charge is 0.391 e. The van der Waals surface area contributed by atoms with Crippen LogP contribution in [0.2, 0.25) is 0 Å². The number of hydrogen-bond donors (Lipinski definition) is 1. The lowest BCUT2D eigenvalue weighted by molar-refractivity contribution is 0.0162. The molecule has 2 aliphatic rings. The fourth-order valence-corrected chi connectivity index (χ4v) is 3.32. The summed E-state index contributed by atoms with van der Waals surface area (Å²) in [5.74, 6) is 0.348. The molecule has 2 saturated heterocycles. The zero-order chi connectivity index (χ0) is 11.0. The summed E-state index contributed by atoms with van der Waals surface area (Å²) >= 11 is 0. The van der Waals surface area contributed by atoms with Crippen LogP contribution in [0.25, 0.3) is 0 Å². The van der Waals surface area contributed by atoms with E-state index >= 15 is 0 Å². The fourth-order valence-electron chi connectivity index (χ4n) is 3.32. The van der Waals surface area contributed by atoms with Crippen molar-refractivity contribution >= 4 is 0 Å². The van der Waals surface area contributed by atoms with E-state index < -0.39 is 0 Å². The van der Waals surface area contributed by atoms with Gasteiger partial charge in [-0.05, 0) is 37.9 Å². The van der Waals surface area contributed by atoms with Crippen molar-refractivity contribution in [3.05, 3.63) is 35.9 Å². The number of nitrogens with zero attached hydrogens (tertiary/aromatic N) is 1. The average Bonchev–Trinajstić information content (AvgIpc) is 2.80. The molecule has 0 aromatic heterocycles. The third-order valence-corrected chi connectivity index (χ3v) is 4.18. The Labute approximate surface area is 96.9 Å². The fraction of sp³-hybridized carbons (Fsp3) is 0.571. The molecule has 2 aliphatic heterocycles. The highest BCUT2D eigenvalue weighted by atomic mass is 16.3. The van der Waals surface area contributed by atoms with Gasteiger partial charge in [0.15, 0.2) is 0 Å². The lowest BCUT2D eigenvalue weighted by atomic mass is 9.83. The molecule has 0 saturated carbocycles. The Morgan fingerprint density at radius 2 is 1.88 bits per heavy atom. The molecule has 3 rings (SSSR count). The van der Waals surface area contributed by atoms with Crippen LogP contribution < -0.4 is 0 Å². The summed E-state index contributed by atoms with van der Waals surface area (Å²) < 4.78 is 0. The normalized spacial score (nSPS) is 34.9. The van der Waals surface area contributed by atoms with Gasteiger partial charge in [-0.15, -0.1) is 0 Å². The van der Waals surface area contributed by atoms with E-state index in [1.165, 1.54) is 24.9 Å². The highest BCUT2D eigenvalue weighted by molar-refractivity contribution is 5.22. The Morgan fingerprint density at radius 3 is 2.69 bits per heavy atom. The molecule has 0 unspecified atom stereocenters. The minimum absolute atomic E-state index is 0.168. The van der Waals surface area contributed by atoms with Gasteiger partial charge in [-0.1, -0.05) is 30.3 Å². The first-order chi connectivity index (χ1) is 7.86. The van der Waals surface area contributed by atoms with Crippen molar-refractivity contribution in [1.82, 2.24) is 4.90 Å². The Kier molecular flexibility index (Phi) is 2.70. The molecule has 0 amide bonds. The maximum atomic E-state index is 10.5. The molecule has 0 spiro atoms. The van der Waals surface area contributed by atoms with Gasteiger partial charge in [0.1, 0.15) is 0 Å². The van der Waals surface area contributed by atoms with E-state index in [4.69, 9.17) is 0 Å². The molecular formula is C14H19NO. The smallest absolute Gasteiger partial charge is 0.0764 e. The van der Waals surface area contributed by atoms with E-state index in [1.807, 2.05) is 6.07 Å². The zero-order valence-corrected chi connectivity index (χ0v) is 9.55. The minimum atomic E-state index is -0.168. The second-order valence-electron chi connectivity index (χ2n) is 5.04. The summed E-state index contributed by atoms with van der Waals surface area (Å²) in [4.78, 5) is 2.46. The number of aliphatic hydroxyl groups excluding tert-OH is 1. The van der Waals surface area contributed by atoms with Gasteiger partial charge in [-0.2, -0.15) is 0 Å². The van der Waals surface area contributed by atoms with Gasteiger partial charge in [0, 0.05) is 12.0 Å². The molecule has 1 aromatic carbocycles. The third kappa shape index (κ3) is 1.66. The van der Waals surface area contributed by atoms with Crippen molar-refractivity contribution in [2.75, 3.05) is 13.1 Å². The third-order valence-electron chi connectivity index (χ3n) is 4.18. The van der Waals surface area contributed by atoms with Crippen molar-refractivity contribution in [2.24, 2.45) is 0 Å². The Hall–Kier alpha value is -0.860. The number of fused-ring (bicyclic) bond motifs is 1. The molecule has 2 nitrogen and oxygen atoms in total. The molecule has 0 bridgehead atoms. The molecule has 1 aromatic rings. The maximum Gasteiger partial charge on any atom is 0.0764 e. The topological polar surface area (TPSA) is 23.5 Å². The lowest BCUT2D eigenvalue weighted by Gasteiger charge is -2.39. The highest BCUT2D eigenvalue weighted by Gasteiger charge is 2.39. The van der Waals surface area contributed by atoms with Crippen molar-refractivity contribution in [1.29, 1.82) is 0 Å². The van der Waals surface area contributed by atoms with Crippen molar-refractivity contribution < 1.29 is 5.11 Å². The Morgan fingerprint density at radius 1 is 1.06 bits per heavy atom. The van der Waals surface area contributed by atoms with Crippen molar-refractivity contribution in [2.45, 2.75) is 37.3 Å². The maximum absolute atomic E-state index is 10.5. The molecule has 3 atom stereocenters. The Balaban J connectivity index is 1.82. The van der Waals surface area contributed by atoms with Crippen LogP contribution in [0.15, 0.2) is 30.3 Å². The SMILES string of the molecule is O[C@@H]1[C@@H](c2ccccc2)CCN2CCC[C@@H]12. The molecule has 1 N–H and O–H groups in total. The van der Waals surface area contributed by atoms with Gasteiger partial charge in [-0.25, -0.2) is 0 Å². The van der Waals surface area contributed by atoms with Crippen LogP contribution in [0.4, 0.5) is 0 Å². The summed E-state index contributed by atoms with van der Waals surface area (Å²) in [6.45, 7) is 2.34. The van der Waals surface area contributed by atoms with Crippen molar-refractivity contribution in [3.8, 4) is 0 Å². The summed E-state index contributed by atoms with van der Waals surface area (Å²) in [5, 5.41) is 10.5. The summed E-state index contributed by atoms with van der Waals surface area (Å²) in [6, 6.07) is 10.9. The van der Waals surface area contributed by atoms with Gasteiger partial charge >= 0.3 is 0 Å². The zero-order valence-electron chi connectivity index (χ0n) is 9.55. The molecule has 2 heterocycles. The van der Waals surface area contributed by atoms with Crippen LogP contribution in [-0.2, 0) is 0 Å². The molecule has 2 fully saturated rings. The number of aliphatic hydroxyl groups is 1. The van der Waals surface area contributed by atoms with Gasteiger partial charge in [0.2, 0.25) is 0 Å². The van der Waals surface area contributed by atoms with Crippen LogP contribution in [0.5, 0.6) is 0 Å². The van der Waals surface area contributed by atoms with E-state index in [0.717, 1.165) is 13.0 Å². The van der Waals surface area contributed by atoms with Crippen LogP contribution in [0.1, 0.15) is 30.7 Å². The first-order valence-electron chi connectivity index (χ1n) is 6.33. The quantitative estimate of drug-likeness (QED) is 0.777. The molecule has 16 heavy (non-hydrogen) atoms. The molecular weight excluding hydrogens is 198 g/mol. The van der Waals surface area contributed by atoms with E-state index in [-0.39, 0.29) is 6.10 Å². The van der Waals surface area contributed by atoms with Crippen molar-refractivity contribution in [3.63, 3.8) is 0 Å². The second-order valence-corrected chi connectivity index (χ2v) is 5.04. The van der Waals surface area contributed by atoms with Gasteiger partial charge in [0.25, 0.3) is 0 Å². The van der Waals surface area contributed by atoms with E-state index in [1.54, 1.807) is 0 Å². The highest BCUT2D eigenvalue weighted by Crippen LogP contribution is 2.36. The summed E-state index contributed by atoms with van der Waals surface area (Å²) in [7, 11) is 0. The van der Waals surface area contributed by atoms with Gasteiger partial charge in [-0.3, -0.25) is 4.90 Å². The van der Waals surface area contributed by atoms with E-state index in [9.17, 15) is 5.11 Å². The molecule has 0 radical (unpaired) electrons.